The van der Waals surface area contributed by atoms with E-state index in [2.05, 4.69) is 25.9 Å². The zero-order valence-electron chi connectivity index (χ0n) is 22.2. The lowest BCUT2D eigenvalue weighted by Crippen LogP contribution is -2.42. The molecule has 0 amide bonds. The Hall–Kier alpha value is 0.0569. The van der Waals surface area contributed by atoms with Crippen LogP contribution in [-0.4, -0.2) is 55.2 Å². The normalized spacial score (nSPS) is 13.3. The average molecular weight is 460 g/mol. The van der Waals surface area contributed by atoms with Gasteiger partial charge in [0.1, 0.15) is 0 Å². The van der Waals surface area contributed by atoms with E-state index in [0.717, 1.165) is 12.5 Å². The highest BCUT2D eigenvalue weighted by Gasteiger charge is 2.36. The van der Waals surface area contributed by atoms with E-state index in [-0.39, 0.29) is 0 Å². The molecule has 0 rings (SSSR count). The second-order valence-corrected chi connectivity index (χ2v) is 12.6. The lowest BCUT2D eigenvalue weighted by Gasteiger charge is -2.26. The maximum Gasteiger partial charge on any atom is 0.500 e. The molecule has 0 spiro atoms. The van der Waals surface area contributed by atoms with Gasteiger partial charge in [-0.3, -0.25) is 0 Å². The van der Waals surface area contributed by atoms with Crippen LogP contribution in [0.2, 0.25) is 6.04 Å². The van der Waals surface area contributed by atoms with Crippen LogP contribution < -0.4 is 0 Å². The zero-order chi connectivity index (χ0) is 23.2. The van der Waals surface area contributed by atoms with Crippen LogP contribution in [0.15, 0.2) is 0 Å². The number of hydrogen-bond donors (Lipinski definition) is 0. The van der Waals surface area contributed by atoms with Gasteiger partial charge in [0.2, 0.25) is 0 Å². The lowest BCUT2D eigenvalue weighted by atomic mass is 10.0. The molecule has 0 saturated heterocycles. The van der Waals surface area contributed by atoms with Gasteiger partial charge in [0.05, 0.1) is 0 Å². The quantitative estimate of drug-likeness (QED) is 0.109. The summed E-state index contributed by atoms with van der Waals surface area (Å²) < 4.78 is 16.6. The van der Waals surface area contributed by atoms with Crippen LogP contribution in [0.5, 0.6) is 0 Å². The van der Waals surface area contributed by atoms with Crippen molar-refractivity contribution in [3.05, 3.63) is 0 Å². The third-order valence-corrected chi connectivity index (χ3v) is 9.66. The van der Waals surface area contributed by atoms with Gasteiger partial charge in [-0.05, 0) is 33.4 Å². The first-order valence-electron chi connectivity index (χ1n) is 13.4. The minimum Gasteiger partial charge on any atom is -0.377 e. The Morgan fingerprint density at radius 1 is 0.548 bits per heavy atom. The molecule has 0 aromatic carbocycles. The Balaban J connectivity index is 3.63. The molecule has 1 atom stereocenters. The predicted octanol–water partition coefficient (Wildman–Crippen LogP) is 7.84. The molecule has 0 aliphatic heterocycles. The molecule has 0 aliphatic rings. The predicted molar refractivity (Wildman–Crippen MR) is 138 cm³/mol. The van der Waals surface area contributed by atoms with E-state index in [4.69, 9.17) is 13.3 Å². The number of unbranched alkanes of at least 4 members (excludes halogenated alkanes) is 14. The molecule has 5 heteroatoms. The molecule has 4 nitrogen and oxygen atoms in total. The summed E-state index contributed by atoms with van der Waals surface area (Å²) in [6.07, 6.45) is 24.9. The third kappa shape index (κ3) is 17.2. The maximum absolute atomic E-state index is 5.53. The van der Waals surface area contributed by atoms with Crippen LogP contribution in [0, 0.1) is 0 Å². The number of hydrogen-bond acceptors (Lipinski definition) is 4. The van der Waals surface area contributed by atoms with E-state index in [9.17, 15) is 0 Å². The van der Waals surface area contributed by atoms with E-state index in [1.807, 2.05) is 0 Å². The summed E-state index contributed by atoms with van der Waals surface area (Å²) in [7, 11) is 7.18. The first kappa shape index (κ1) is 31.1. The molecule has 0 aromatic rings. The SMILES string of the molecule is CCCCCCCCCCCCCCCCC(CCCC[Si](OC)(OC)OC)N(C)C. The second kappa shape index (κ2) is 21.9. The molecule has 0 saturated carbocycles. The highest BCUT2D eigenvalue weighted by Crippen LogP contribution is 2.20. The van der Waals surface area contributed by atoms with E-state index < -0.39 is 8.80 Å². The van der Waals surface area contributed by atoms with Gasteiger partial charge < -0.3 is 18.2 Å². The molecular weight excluding hydrogens is 402 g/mol. The van der Waals surface area contributed by atoms with Crippen molar-refractivity contribution < 1.29 is 13.3 Å². The van der Waals surface area contributed by atoms with Crippen LogP contribution >= 0.6 is 0 Å². The van der Waals surface area contributed by atoms with Gasteiger partial charge in [0.15, 0.2) is 0 Å². The Morgan fingerprint density at radius 2 is 0.903 bits per heavy atom. The smallest absolute Gasteiger partial charge is 0.377 e. The molecular formula is C26H57NO3Si. The molecule has 0 aliphatic carbocycles. The number of rotatable bonds is 24. The molecule has 0 aromatic heterocycles. The van der Waals surface area contributed by atoms with Crippen LogP contribution in [0.1, 0.15) is 122 Å². The molecule has 0 N–H and O–H groups in total. The lowest BCUT2D eigenvalue weighted by molar-refractivity contribution is 0.122. The minimum absolute atomic E-state index is 0.695. The van der Waals surface area contributed by atoms with Gasteiger partial charge in [0, 0.05) is 33.4 Å². The molecule has 188 valence electrons. The van der Waals surface area contributed by atoms with Gasteiger partial charge in [-0.15, -0.1) is 0 Å². The van der Waals surface area contributed by atoms with Gasteiger partial charge in [0.25, 0.3) is 0 Å². The van der Waals surface area contributed by atoms with E-state index in [1.54, 1.807) is 21.3 Å². The topological polar surface area (TPSA) is 30.9 Å². The van der Waals surface area contributed by atoms with Gasteiger partial charge in [-0.25, -0.2) is 0 Å². The first-order chi connectivity index (χ1) is 15.0. The van der Waals surface area contributed by atoms with Crippen molar-refractivity contribution in [3.63, 3.8) is 0 Å². The summed E-state index contributed by atoms with van der Waals surface area (Å²) in [5.74, 6) is 0. The van der Waals surface area contributed by atoms with Crippen molar-refractivity contribution in [1.82, 2.24) is 4.90 Å². The van der Waals surface area contributed by atoms with Gasteiger partial charge >= 0.3 is 8.80 Å². The van der Waals surface area contributed by atoms with Crippen molar-refractivity contribution in [1.29, 1.82) is 0 Å². The van der Waals surface area contributed by atoms with Crippen molar-refractivity contribution in [2.24, 2.45) is 0 Å². The fraction of sp³-hybridized carbons (Fsp3) is 1.00. The van der Waals surface area contributed by atoms with Crippen molar-refractivity contribution in [2.45, 2.75) is 135 Å². The molecule has 1 unspecified atom stereocenters. The molecule has 0 bridgehead atoms. The molecule has 0 heterocycles. The van der Waals surface area contributed by atoms with Gasteiger partial charge in [-0.2, -0.15) is 0 Å². The van der Waals surface area contributed by atoms with E-state index in [0.29, 0.717) is 6.04 Å². The van der Waals surface area contributed by atoms with Crippen LogP contribution in [-0.2, 0) is 13.3 Å². The van der Waals surface area contributed by atoms with Crippen molar-refractivity contribution >= 4 is 8.80 Å². The molecule has 0 fully saturated rings. The standard InChI is InChI=1S/C26H57NO3Si/c1-7-8-9-10-11-12-13-14-15-16-17-18-19-20-23-26(27(2)3)24-21-22-25-31(28-4,29-5)30-6/h26H,7-25H2,1-6H3. The summed E-state index contributed by atoms with van der Waals surface area (Å²) in [5.41, 5.74) is 0. The van der Waals surface area contributed by atoms with Crippen molar-refractivity contribution in [3.8, 4) is 0 Å². The molecule has 0 radical (unpaired) electrons. The van der Waals surface area contributed by atoms with E-state index in [1.165, 1.54) is 109 Å². The summed E-state index contributed by atoms with van der Waals surface area (Å²) in [6, 6.07) is 1.61. The summed E-state index contributed by atoms with van der Waals surface area (Å²) in [6.45, 7) is 2.29. The Bertz CT molecular complexity index is 356. The highest BCUT2D eigenvalue weighted by atomic mass is 28.4. The Kier molecular flexibility index (Phi) is 21.9. The first-order valence-corrected chi connectivity index (χ1v) is 15.3. The third-order valence-electron chi connectivity index (χ3n) is 6.82. The average Bonchev–Trinajstić information content (AvgIpc) is 2.78. The van der Waals surface area contributed by atoms with Crippen molar-refractivity contribution in [2.75, 3.05) is 35.4 Å². The second-order valence-electron chi connectivity index (χ2n) is 9.54. The van der Waals surface area contributed by atoms with E-state index >= 15 is 0 Å². The molecule has 31 heavy (non-hydrogen) atoms. The maximum atomic E-state index is 5.53. The fourth-order valence-electron chi connectivity index (χ4n) is 4.51. The Morgan fingerprint density at radius 3 is 1.26 bits per heavy atom. The van der Waals surface area contributed by atoms with Gasteiger partial charge in [-0.1, -0.05) is 103 Å². The van der Waals surface area contributed by atoms with Crippen LogP contribution in [0.25, 0.3) is 0 Å². The summed E-state index contributed by atoms with van der Waals surface area (Å²) in [4.78, 5) is 2.41. The summed E-state index contributed by atoms with van der Waals surface area (Å²) >= 11 is 0. The fourth-order valence-corrected chi connectivity index (χ4v) is 6.31. The largest absolute Gasteiger partial charge is 0.500 e. The zero-order valence-corrected chi connectivity index (χ0v) is 23.2. The number of nitrogens with zero attached hydrogens (tertiary/aromatic N) is 1. The van der Waals surface area contributed by atoms with Crippen LogP contribution in [0.3, 0.4) is 0 Å². The highest BCUT2D eigenvalue weighted by molar-refractivity contribution is 6.60. The minimum atomic E-state index is -2.39. The van der Waals surface area contributed by atoms with Crippen LogP contribution in [0.4, 0.5) is 0 Å². The monoisotopic (exact) mass is 459 g/mol. The Labute approximate surface area is 197 Å². The summed E-state index contributed by atoms with van der Waals surface area (Å²) in [5, 5.41) is 0.